The molecule has 11 heteroatoms. The van der Waals surface area contributed by atoms with Gasteiger partial charge in [-0.1, -0.05) is 30.3 Å². The van der Waals surface area contributed by atoms with E-state index in [1.54, 1.807) is 25.1 Å². The molecule has 0 N–H and O–H groups in total. The number of para-hydroxylation sites is 1. The van der Waals surface area contributed by atoms with Crippen LogP contribution in [0.2, 0.25) is 0 Å². The molecule has 1 saturated heterocycles. The highest BCUT2D eigenvalue weighted by atomic mass is 32.2. The maximum Gasteiger partial charge on any atom is 0.417 e. The molecule has 0 aliphatic carbocycles. The third-order valence-electron chi connectivity index (χ3n) is 5.14. The number of piperazine rings is 1. The Hall–Kier alpha value is -3.18. The van der Waals surface area contributed by atoms with Crippen molar-refractivity contribution in [3.05, 3.63) is 72.1 Å². The molecule has 0 atom stereocenters. The first-order valence-corrected chi connectivity index (χ1v) is 11.6. The van der Waals surface area contributed by atoms with E-state index in [0.29, 0.717) is 23.3 Å². The normalized spacial score (nSPS) is 15.5. The molecule has 0 spiro atoms. The lowest BCUT2D eigenvalue weighted by Crippen LogP contribution is -2.49. The number of nitrogens with zero attached hydrogens (tertiary/aromatic N) is 4. The predicted octanol–water partition coefficient (Wildman–Crippen LogP) is 4.11. The number of sulfonamides is 1. The molecule has 0 amide bonds. The van der Waals surface area contributed by atoms with Crippen LogP contribution in [0.1, 0.15) is 11.4 Å². The van der Waals surface area contributed by atoms with Crippen LogP contribution in [0.4, 0.5) is 19.0 Å². The van der Waals surface area contributed by atoms with Gasteiger partial charge in [0.25, 0.3) is 0 Å². The number of rotatable bonds is 5. The van der Waals surface area contributed by atoms with Gasteiger partial charge in [0.1, 0.15) is 17.4 Å². The van der Waals surface area contributed by atoms with Crippen LogP contribution >= 0.6 is 0 Å². The van der Waals surface area contributed by atoms with E-state index in [0.717, 1.165) is 16.4 Å². The first kappa shape index (κ1) is 23.0. The Bertz CT molecular complexity index is 1230. The zero-order valence-corrected chi connectivity index (χ0v) is 18.5. The summed E-state index contributed by atoms with van der Waals surface area (Å²) in [6.07, 6.45) is -4.76. The molecule has 1 aliphatic heterocycles. The Kier molecular flexibility index (Phi) is 6.26. The fourth-order valence-electron chi connectivity index (χ4n) is 3.57. The Balaban J connectivity index is 1.51. The van der Waals surface area contributed by atoms with E-state index in [2.05, 4.69) is 9.97 Å². The number of aromatic nitrogens is 2. The van der Waals surface area contributed by atoms with Gasteiger partial charge in [-0.15, -0.1) is 0 Å². The van der Waals surface area contributed by atoms with Crippen LogP contribution in [0.3, 0.4) is 0 Å². The van der Waals surface area contributed by atoms with E-state index in [9.17, 15) is 21.6 Å². The average molecular weight is 478 g/mol. The van der Waals surface area contributed by atoms with Gasteiger partial charge < -0.3 is 9.64 Å². The lowest BCUT2D eigenvalue weighted by atomic mass is 10.2. The number of alkyl halides is 3. The van der Waals surface area contributed by atoms with Crippen LogP contribution in [0.25, 0.3) is 0 Å². The summed E-state index contributed by atoms with van der Waals surface area (Å²) in [5.41, 5.74) is -1.17. The molecule has 0 unspecified atom stereocenters. The van der Waals surface area contributed by atoms with Crippen LogP contribution in [0.15, 0.2) is 65.6 Å². The fourth-order valence-corrected chi connectivity index (χ4v) is 5.21. The Morgan fingerprint density at radius 2 is 1.55 bits per heavy atom. The quantitative estimate of drug-likeness (QED) is 0.550. The SMILES string of the molecule is Cc1nc(Oc2ccccc2)cc(N2CCN(S(=O)(=O)c3ccccc3C(F)(F)F)CC2)n1. The van der Waals surface area contributed by atoms with E-state index in [1.165, 1.54) is 12.1 Å². The minimum absolute atomic E-state index is 0.0203. The van der Waals surface area contributed by atoms with Gasteiger partial charge in [0.15, 0.2) is 0 Å². The monoisotopic (exact) mass is 478 g/mol. The second-order valence-electron chi connectivity index (χ2n) is 7.41. The van der Waals surface area contributed by atoms with E-state index < -0.39 is 26.7 Å². The number of anilines is 1. The van der Waals surface area contributed by atoms with Crippen LogP contribution in [-0.4, -0.2) is 48.9 Å². The molecule has 0 radical (unpaired) electrons. The van der Waals surface area contributed by atoms with Crippen molar-refractivity contribution < 1.29 is 26.3 Å². The largest absolute Gasteiger partial charge is 0.439 e. The fraction of sp³-hybridized carbons (Fsp3) is 0.273. The number of aryl methyl sites for hydroxylation is 1. The van der Waals surface area contributed by atoms with Crippen molar-refractivity contribution in [1.29, 1.82) is 0 Å². The molecular weight excluding hydrogens is 457 g/mol. The topological polar surface area (TPSA) is 75.6 Å². The zero-order valence-electron chi connectivity index (χ0n) is 17.7. The molecule has 7 nitrogen and oxygen atoms in total. The summed E-state index contributed by atoms with van der Waals surface area (Å²) in [5.74, 6) is 1.99. The van der Waals surface area contributed by atoms with Crippen LogP contribution in [0, 0.1) is 6.92 Å². The standard InChI is InChI=1S/C22H21F3N4O3S/c1-16-26-20(15-21(27-16)32-17-7-3-2-4-8-17)28-11-13-29(14-12-28)33(30,31)19-10-6-5-9-18(19)22(23,24)25/h2-10,15H,11-14H2,1H3. The molecule has 3 aromatic rings. The molecular formula is C22H21F3N4O3S. The van der Waals surface area contributed by atoms with Gasteiger partial charge in [-0.3, -0.25) is 0 Å². The molecule has 1 aromatic heterocycles. The van der Waals surface area contributed by atoms with Gasteiger partial charge in [-0.05, 0) is 31.2 Å². The lowest BCUT2D eigenvalue weighted by molar-refractivity contribution is -0.139. The van der Waals surface area contributed by atoms with Crippen molar-refractivity contribution in [3.63, 3.8) is 0 Å². The molecule has 4 rings (SSSR count). The summed E-state index contributed by atoms with van der Waals surface area (Å²) in [5, 5.41) is 0. The van der Waals surface area contributed by atoms with Crippen LogP contribution in [-0.2, 0) is 16.2 Å². The van der Waals surface area contributed by atoms with Crippen LogP contribution < -0.4 is 9.64 Å². The molecule has 0 saturated carbocycles. The van der Waals surface area contributed by atoms with Crippen molar-refractivity contribution >= 4 is 15.8 Å². The third kappa shape index (κ3) is 5.09. The van der Waals surface area contributed by atoms with Crippen molar-refractivity contribution in [3.8, 4) is 11.6 Å². The maximum absolute atomic E-state index is 13.3. The molecule has 2 heterocycles. The minimum atomic E-state index is -4.76. The first-order valence-electron chi connectivity index (χ1n) is 10.1. The maximum atomic E-state index is 13.3. The molecule has 33 heavy (non-hydrogen) atoms. The average Bonchev–Trinajstić information content (AvgIpc) is 2.79. The summed E-state index contributed by atoms with van der Waals surface area (Å²) in [4.78, 5) is 9.81. The molecule has 0 bridgehead atoms. The van der Waals surface area contributed by atoms with Gasteiger partial charge in [-0.2, -0.15) is 22.5 Å². The zero-order chi connectivity index (χ0) is 23.6. The number of hydrogen-bond donors (Lipinski definition) is 0. The number of hydrogen-bond acceptors (Lipinski definition) is 6. The molecule has 2 aromatic carbocycles. The molecule has 1 aliphatic rings. The highest BCUT2D eigenvalue weighted by Crippen LogP contribution is 2.35. The second-order valence-corrected chi connectivity index (χ2v) is 9.32. The summed E-state index contributed by atoms with van der Waals surface area (Å²) in [6, 6.07) is 15.0. The summed E-state index contributed by atoms with van der Waals surface area (Å²) >= 11 is 0. The lowest BCUT2D eigenvalue weighted by Gasteiger charge is -2.35. The summed E-state index contributed by atoms with van der Waals surface area (Å²) in [6.45, 7) is 2.28. The Labute approximate surface area is 189 Å². The number of ether oxygens (including phenoxy) is 1. The first-order chi connectivity index (χ1) is 15.6. The van der Waals surface area contributed by atoms with E-state index in [-0.39, 0.29) is 26.2 Å². The van der Waals surface area contributed by atoms with Crippen molar-refractivity contribution in [2.45, 2.75) is 18.0 Å². The second kappa shape index (κ2) is 8.99. The van der Waals surface area contributed by atoms with Crippen molar-refractivity contribution in [2.75, 3.05) is 31.1 Å². The van der Waals surface area contributed by atoms with Gasteiger partial charge in [0.05, 0.1) is 10.5 Å². The van der Waals surface area contributed by atoms with E-state index in [4.69, 9.17) is 4.74 Å². The predicted molar refractivity (Wildman–Crippen MR) is 116 cm³/mol. The van der Waals surface area contributed by atoms with Gasteiger partial charge in [0.2, 0.25) is 15.9 Å². The van der Waals surface area contributed by atoms with Gasteiger partial charge >= 0.3 is 6.18 Å². The summed E-state index contributed by atoms with van der Waals surface area (Å²) < 4.78 is 72.8. The smallest absolute Gasteiger partial charge is 0.417 e. The minimum Gasteiger partial charge on any atom is -0.439 e. The number of benzene rings is 2. The number of halogens is 3. The third-order valence-corrected chi connectivity index (χ3v) is 7.10. The highest BCUT2D eigenvalue weighted by Gasteiger charge is 2.39. The van der Waals surface area contributed by atoms with E-state index in [1.807, 2.05) is 23.1 Å². The Morgan fingerprint density at radius 1 is 0.909 bits per heavy atom. The van der Waals surface area contributed by atoms with Crippen molar-refractivity contribution in [1.82, 2.24) is 14.3 Å². The van der Waals surface area contributed by atoms with Crippen LogP contribution in [0.5, 0.6) is 11.6 Å². The van der Waals surface area contributed by atoms with Gasteiger partial charge in [-0.25, -0.2) is 13.4 Å². The van der Waals surface area contributed by atoms with E-state index >= 15 is 0 Å². The van der Waals surface area contributed by atoms with Gasteiger partial charge in [0, 0.05) is 32.2 Å². The Morgan fingerprint density at radius 3 is 2.21 bits per heavy atom. The molecule has 174 valence electrons. The highest BCUT2D eigenvalue weighted by molar-refractivity contribution is 7.89. The molecule has 1 fully saturated rings. The van der Waals surface area contributed by atoms with Crippen molar-refractivity contribution in [2.24, 2.45) is 0 Å². The summed E-state index contributed by atoms with van der Waals surface area (Å²) in [7, 11) is -4.31.